The second-order valence-corrected chi connectivity index (χ2v) is 5.96. The quantitative estimate of drug-likeness (QED) is 0.745. The van der Waals surface area contributed by atoms with E-state index in [1.54, 1.807) is 0 Å². The molecule has 3 rings (SSSR count). The van der Waals surface area contributed by atoms with Crippen LogP contribution in [0.2, 0.25) is 0 Å². The van der Waals surface area contributed by atoms with Gasteiger partial charge in [0, 0.05) is 5.56 Å². The van der Waals surface area contributed by atoms with E-state index in [0.717, 1.165) is 17.5 Å². The van der Waals surface area contributed by atoms with Crippen LogP contribution >= 0.6 is 0 Å². The van der Waals surface area contributed by atoms with Gasteiger partial charge in [-0.05, 0) is 24.5 Å². The lowest BCUT2D eigenvalue weighted by atomic mass is 10.1. The Bertz CT molecular complexity index is 826. The van der Waals surface area contributed by atoms with Gasteiger partial charge in [0.2, 0.25) is 17.6 Å². The van der Waals surface area contributed by atoms with Gasteiger partial charge in [-0.15, -0.1) is 0 Å². The molecule has 1 N–H and O–H groups in total. The Morgan fingerprint density at radius 2 is 1.80 bits per heavy atom. The van der Waals surface area contributed by atoms with Gasteiger partial charge in [0.15, 0.2) is 0 Å². The van der Waals surface area contributed by atoms with Crippen LogP contribution in [0.4, 0.5) is 0 Å². The molecule has 5 heteroatoms. The first-order chi connectivity index (χ1) is 12.2. The van der Waals surface area contributed by atoms with Crippen molar-refractivity contribution in [3.05, 3.63) is 71.6 Å². The summed E-state index contributed by atoms with van der Waals surface area (Å²) in [4.78, 5) is 16.5. The lowest BCUT2D eigenvalue weighted by Crippen LogP contribution is -2.28. The number of rotatable bonds is 6. The highest BCUT2D eigenvalue weighted by Crippen LogP contribution is 2.19. The summed E-state index contributed by atoms with van der Waals surface area (Å²) in [7, 11) is 0. The van der Waals surface area contributed by atoms with Gasteiger partial charge in [-0.3, -0.25) is 4.79 Å². The average molecular weight is 335 g/mol. The molecule has 0 aliphatic carbocycles. The second-order valence-electron chi connectivity index (χ2n) is 5.96. The number of hydrogen-bond acceptors (Lipinski definition) is 4. The van der Waals surface area contributed by atoms with Crippen LogP contribution in [0.25, 0.3) is 11.4 Å². The molecule has 0 spiro atoms. The molecule has 0 saturated heterocycles. The van der Waals surface area contributed by atoms with E-state index in [1.807, 2.05) is 49.4 Å². The van der Waals surface area contributed by atoms with Crippen LogP contribution in [0.15, 0.2) is 59.1 Å². The van der Waals surface area contributed by atoms with E-state index in [2.05, 4.69) is 34.5 Å². The molecule has 25 heavy (non-hydrogen) atoms. The summed E-state index contributed by atoms with van der Waals surface area (Å²) in [5.41, 5.74) is 3.12. The van der Waals surface area contributed by atoms with Crippen LogP contribution in [-0.4, -0.2) is 16.0 Å². The van der Waals surface area contributed by atoms with Crippen molar-refractivity contribution < 1.29 is 9.32 Å². The van der Waals surface area contributed by atoms with E-state index in [9.17, 15) is 4.79 Å². The molecule has 0 fully saturated rings. The fraction of sp³-hybridized carbons (Fsp3) is 0.250. The van der Waals surface area contributed by atoms with Crippen molar-refractivity contribution in [1.29, 1.82) is 0 Å². The molecule has 0 aliphatic rings. The molecule has 0 aliphatic heterocycles. The molecular formula is C20H21N3O2. The van der Waals surface area contributed by atoms with Gasteiger partial charge in [0.1, 0.15) is 6.04 Å². The van der Waals surface area contributed by atoms with Gasteiger partial charge >= 0.3 is 0 Å². The normalized spacial score (nSPS) is 11.9. The highest BCUT2D eigenvalue weighted by atomic mass is 16.5. The number of nitrogens with one attached hydrogen (secondary N) is 1. The van der Waals surface area contributed by atoms with Crippen molar-refractivity contribution in [3.8, 4) is 11.4 Å². The van der Waals surface area contributed by atoms with Crippen LogP contribution in [0.5, 0.6) is 0 Å². The summed E-state index contributed by atoms with van der Waals surface area (Å²) >= 11 is 0. The molecule has 1 unspecified atom stereocenters. The molecule has 3 aromatic rings. The summed E-state index contributed by atoms with van der Waals surface area (Å²) < 4.78 is 5.31. The summed E-state index contributed by atoms with van der Waals surface area (Å²) in [5.74, 6) is 0.850. The predicted octanol–water partition coefficient (Wildman–Crippen LogP) is 3.72. The van der Waals surface area contributed by atoms with Crippen LogP contribution in [0.3, 0.4) is 0 Å². The lowest BCUT2D eigenvalue weighted by molar-refractivity contribution is -0.121. The molecule has 0 radical (unpaired) electrons. The fourth-order valence-corrected chi connectivity index (χ4v) is 2.55. The molecule has 2 aromatic carbocycles. The molecule has 5 nitrogen and oxygen atoms in total. The third-order valence-corrected chi connectivity index (χ3v) is 4.02. The van der Waals surface area contributed by atoms with E-state index in [0.29, 0.717) is 18.1 Å². The first-order valence-corrected chi connectivity index (χ1v) is 8.42. The minimum Gasteiger partial charge on any atom is -0.344 e. The van der Waals surface area contributed by atoms with E-state index < -0.39 is 0 Å². The van der Waals surface area contributed by atoms with Gasteiger partial charge in [0.25, 0.3) is 0 Å². The van der Waals surface area contributed by atoms with Crippen molar-refractivity contribution in [2.75, 3.05) is 0 Å². The van der Waals surface area contributed by atoms with Crippen molar-refractivity contribution in [2.24, 2.45) is 0 Å². The van der Waals surface area contributed by atoms with Gasteiger partial charge in [-0.2, -0.15) is 4.98 Å². The van der Waals surface area contributed by atoms with E-state index in [-0.39, 0.29) is 11.9 Å². The van der Waals surface area contributed by atoms with Crippen molar-refractivity contribution >= 4 is 5.91 Å². The Morgan fingerprint density at radius 1 is 1.08 bits per heavy atom. The minimum atomic E-state index is -0.340. The zero-order valence-electron chi connectivity index (χ0n) is 14.4. The van der Waals surface area contributed by atoms with Gasteiger partial charge in [-0.25, -0.2) is 0 Å². The number of aromatic nitrogens is 2. The smallest absolute Gasteiger partial charge is 0.249 e. The topological polar surface area (TPSA) is 68.0 Å². The number of carbonyl (C=O) groups is 1. The number of aryl methyl sites for hydroxylation is 1. The Labute approximate surface area is 147 Å². The maximum absolute atomic E-state index is 12.1. The largest absolute Gasteiger partial charge is 0.344 e. The first-order valence-electron chi connectivity index (χ1n) is 8.42. The van der Waals surface area contributed by atoms with Gasteiger partial charge in [-0.1, -0.05) is 66.7 Å². The van der Waals surface area contributed by atoms with E-state index >= 15 is 0 Å². The number of nitrogens with zero attached hydrogens (tertiary/aromatic N) is 2. The monoisotopic (exact) mass is 335 g/mol. The van der Waals surface area contributed by atoms with Crippen LogP contribution < -0.4 is 5.32 Å². The Balaban J connectivity index is 1.63. The zero-order valence-corrected chi connectivity index (χ0v) is 14.4. The Kier molecular flexibility index (Phi) is 5.23. The van der Waals surface area contributed by atoms with Gasteiger partial charge in [0.05, 0.1) is 6.42 Å². The maximum atomic E-state index is 12.1. The highest BCUT2D eigenvalue weighted by molar-refractivity contribution is 5.78. The number of benzene rings is 2. The summed E-state index contributed by atoms with van der Waals surface area (Å²) in [5, 5.41) is 6.91. The molecule has 1 heterocycles. The van der Waals surface area contributed by atoms with E-state index in [4.69, 9.17) is 4.52 Å². The summed E-state index contributed by atoms with van der Waals surface area (Å²) in [6.45, 7) is 3.95. The summed E-state index contributed by atoms with van der Waals surface area (Å²) in [6.07, 6.45) is 1.31. The van der Waals surface area contributed by atoms with Crippen LogP contribution in [0.1, 0.15) is 36.9 Å². The SMILES string of the molecule is CCc1ccc(-c2noc(C(C)NC(=O)Cc3ccccc3)n2)cc1. The molecular weight excluding hydrogens is 314 g/mol. The highest BCUT2D eigenvalue weighted by Gasteiger charge is 2.17. The molecule has 128 valence electrons. The molecule has 0 bridgehead atoms. The molecule has 1 atom stereocenters. The zero-order chi connectivity index (χ0) is 17.6. The Morgan fingerprint density at radius 3 is 2.48 bits per heavy atom. The van der Waals surface area contributed by atoms with Crippen LogP contribution in [0, 0.1) is 0 Å². The van der Waals surface area contributed by atoms with Crippen LogP contribution in [-0.2, 0) is 17.6 Å². The average Bonchev–Trinajstić information content (AvgIpc) is 3.13. The van der Waals surface area contributed by atoms with Crippen molar-refractivity contribution in [1.82, 2.24) is 15.5 Å². The van der Waals surface area contributed by atoms with Crippen molar-refractivity contribution in [3.63, 3.8) is 0 Å². The fourth-order valence-electron chi connectivity index (χ4n) is 2.55. The Hall–Kier alpha value is -2.95. The molecule has 0 saturated carbocycles. The van der Waals surface area contributed by atoms with Gasteiger partial charge < -0.3 is 9.84 Å². The maximum Gasteiger partial charge on any atom is 0.249 e. The predicted molar refractivity (Wildman–Crippen MR) is 95.8 cm³/mol. The molecule has 1 amide bonds. The summed E-state index contributed by atoms with van der Waals surface area (Å²) in [6, 6.07) is 17.3. The third kappa shape index (κ3) is 4.32. The standard InChI is InChI=1S/C20H21N3O2/c1-3-15-9-11-17(12-10-15)19-22-20(25-23-19)14(2)21-18(24)13-16-7-5-4-6-8-16/h4-12,14H,3,13H2,1-2H3,(H,21,24). The van der Waals surface area contributed by atoms with Crippen molar-refractivity contribution in [2.45, 2.75) is 32.7 Å². The lowest BCUT2D eigenvalue weighted by Gasteiger charge is -2.09. The first kappa shape index (κ1) is 16.9. The number of amides is 1. The number of hydrogen-bond donors (Lipinski definition) is 1. The third-order valence-electron chi connectivity index (χ3n) is 4.02. The van der Waals surface area contributed by atoms with E-state index in [1.165, 1.54) is 5.56 Å². The minimum absolute atomic E-state index is 0.0780. The number of carbonyl (C=O) groups excluding carboxylic acids is 1. The molecule has 1 aromatic heterocycles. The second kappa shape index (κ2) is 7.75.